The van der Waals surface area contributed by atoms with Crippen LogP contribution in [0.5, 0.6) is 0 Å². The largest absolute Gasteiger partial charge is 0.306 e. The number of rotatable bonds is 4. The third kappa shape index (κ3) is 4.06. The van der Waals surface area contributed by atoms with Gasteiger partial charge in [0.05, 0.1) is 17.4 Å². The number of benzene rings is 3. The number of aliphatic imine (C=N–C) groups is 1. The van der Waals surface area contributed by atoms with Gasteiger partial charge in [-0.15, -0.1) is 0 Å². The predicted octanol–water partition coefficient (Wildman–Crippen LogP) is 4.94. The second-order valence-corrected chi connectivity index (χ2v) is 8.67. The molecule has 2 heterocycles. The zero-order valence-electron chi connectivity index (χ0n) is 17.5. The minimum atomic E-state index is -0.368. The Bertz CT molecular complexity index is 1180. The van der Waals surface area contributed by atoms with Crippen molar-refractivity contribution in [1.29, 1.82) is 0 Å². The first-order valence-corrected chi connectivity index (χ1v) is 11.2. The first kappa shape index (κ1) is 20.9. The fourth-order valence-electron chi connectivity index (χ4n) is 4.64. The summed E-state index contributed by atoms with van der Waals surface area (Å²) >= 11 is 6.32. The molecular formula is C26H23ClFN3O. The topological polar surface area (TPSA) is 35.9 Å². The van der Waals surface area contributed by atoms with Gasteiger partial charge in [0.15, 0.2) is 0 Å². The molecular weight excluding hydrogens is 425 g/mol. The van der Waals surface area contributed by atoms with Gasteiger partial charge in [-0.25, -0.2) is 4.39 Å². The van der Waals surface area contributed by atoms with Crippen molar-refractivity contribution in [2.24, 2.45) is 4.99 Å². The molecule has 0 aliphatic carbocycles. The molecule has 32 heavy (non-hydrogen) atoms. The number of benzodiazepines with no additional fused rings is 1. The molecule has 0 N–H and O–H groups in total. The summed E-state index contributed by atoms with van der Waals surface area (Å²) in [6.07, 6.45) is 0.871. The van der Waals surface area contributed by atoms with E-state index in [1.165, 1.54) is 11.6 Å². The van der Waals surface area contributed by atoms with E-state index in [1.807, 2.05) is 29.2 Å². The number of hydrogen-bond acceptors (Lipinski definition) is 3. The Morgan fingerprint density at radius 1 is 1.00 bits per heavy atom. The molecule has 2 aliphatic rings. The molecule has 3 aromatic rings. The summed E-state index contributed by atoms with van der Waals surface area (Å²) < 4.78 is 14.6. The Morgan fingerprint density at radius 2 is 1.78 bits per heavy atom. The van der Waals surface area contributed by atoms with Gasteiger partial charge in [0, 0.05) is 35.8 Å². The monoisotopic (exact) mass is 447 g/mol. The maximum absolute atomic E-state index is 14.6. The summed E-state index contributed by atoms with van der Waals surface area (Å²) in [6, 6.07) is 22.3. The van der Waals surface area contributed by atoms with E-state index >= 15 is 0 Å². The number of hydrogen-bond donors (Lipinski definition) is 0. The lowest BCUT2D eigenvalue weighted by atomic mass is 9.99. The number of nitrogens with zero attached hydrogens (tertiary/aromatic N) is 3. The van der Waals surface area contributed by atoms with Crippen molar-refractivity contribution in [1.82, 2.24) is 4.90 Å². The van der Waals surface area contributed by atoms with Gasteiger partial charge in [-0.05, 0) is 42.3 Å². The average Bonchev–Trinajstić information content (AvgIpc) is 3.19. The van der Waals surface area contributed by atoms with Crippen molar-refractivity contribution in [3.05, 3.63) is 100 Å². The fourth-order valence-corrected chi connectivity index (χ4v) is 4.81. The maximum atomic E-state index is 14.6. The smallest absolute Gasteiger partial charge is 0.248 e. The third-order valence-electron chi connectivity index (χ3n) is 6.11. The fraction of sp³-hybridized carbons (Fsp3) is 0.231. The molecule has 1 unspecified atom stereocenters. The first-order chi connectivity index (χ1) is 15.6. The Balaban J connectivity index is 1.48. The van der Waals surface area contributed by atoms with Gasteiger partial charge in [0.2, 0.25) is 5.91 Å². The minimum absolute atomic E-state index is 0.0227. The van der Waals surface area contributed by atoms with Crippen LogP contribution in [-0.4, -0.2) is 42.2 Å². The van der Waals surface area contributed by atoms with Crippen molar-refractivity contribution < 1.29 is 9.18 Å². The molecule has 0 bridgehead atoms. The quantitative estimate of drug-likeness (QED) is 0.568. The van der Waals surface area contributed by atoms with E-state index in [-0.39, 0.29) is 24.3 Å². The summed E-state index contributed by atoms with van der Waals surface area (Å²) in [4.78, 5) is 22.0. The second kappa shape index (κ2) is 8.85. The Morgan fingerprint density at radius 3 is 2.59 bits per heavy atom. The van der Waals surface area contributed by atoms with Crippen molar-refractivity contribution in [2.45, 2.75) is 19.0 Å². The summed E-state index contributed by atoms with van der Waals surface area (Å²) in [5.74, 6) is -0.445. The summed E-state index contributed by atoms with van der Waals surface area (Å²) in [7, 11) is 0. The van der Waals surface area contributed by atoms with Crippen LogP contribution in [0.25, 0.3) is 0 Å². The van der Waals surface area contributed by atoms with Crippen molar-refractivity contribution >= 4 is 28.9 Å². The normalized spacial score (nSPS) is 18.9. The SMILES string of the molecule is O=C1CN=C(c2ccccc2F)c2cc(Cl)ccc2N1C1CCN(Cc2ccccc2)C1. The standard InChI is InChI=1S/C26H23ClFN3O/c27-19-10-11-24-22(14-19)26(21-8-4-5-9-23(21)28)29-15-25(32)31(24)20-12-13-30(17-20)16-18-6-2-1-3-7-18/h1-11,14,20H,12-13,15-17H2. The molecule has 1 saturated heterocycles. The molecule has 0 saturated carbocycles. The van der Waals surface area contributed by atoms with Gasteiger partial charge in [-0.2, -0.15) is 0 Å². The highest BCUT2D eigenvalue weighted by Crippen LogP contribution is 2.33. The Kier molecular flexibility index (Phi) is 5.77. The maximum Gasteiger partial charge on any atom is 0.248 e. The molecule has 1 atom stereocenters. The van der Waals surface area contributed by atoms with Crippen LogP contribution < -0.4 is 4.90 Å². The summed E-state index contributed by atoms with van der Waals surface area (Å²) in [6.45, 7) is 2.51. The predicted molar refractivity (Wildman–Crippen MR) is 126 cm³/mol. The molecule has 3 aromatic carbocycles. The molecule has 4 nitrogen and oxygen atoms in total. The third-order valence-corrected chi connectivity index (χ3v) is 6.34. The van der Waals surface area contributed by atoms with E-state index in [4.69, 9.17) is 11.6 Å². The van der Waals surface area contributed by atoms with E-state index in [0.29, 0.717) is 21.9 Å². The molecule has 6 heteroatoms. The van der Waals surface area contributed by atoms with Gasteiger partial charge < -0.3 is 4.90 Å². The van der Waals surface area contributed by atoms with E-state index in [1.54, 1.807) is 30.3 Å². The highest BCUT2D eigenvalue weighted by Gasteiger charge is 2.35. The molecule has 2 aliphatic heterocycles. The van der Waals surface area contributed by atoms with Gasteiger partial charge in [-0.1, -0.05) is 54.1 Å². The number of amides is 1. The minimum Gasteiger partial charge on any atom is -0.306 e. The van der Waals surface area contributed by atoms with Crippen molar-refractivity contribution in [3.8, 4) is 0 Å². The van der Waals surface area contributed by atoms with E-state index in [0.717, 1.165) is 31.7 Å². The van der Waals surface area contributed by atoms with Crippen LogP contribution >= 0.6 is 11.6 Å². The van der Waals surface area contributed by atoms with Crippen LogP contribution in [0.15, 0.2) is 77.8 Å². The van der Waals surface area contributed by atoms with Gasteiger partial charge in [-0.3, -0.25) is 14.7 Å². The number of carbonyl (C=O) groups is 1. The number of fused-ring (bicyclic) bond motifs is 1. The number of likely N-dealkylation sites (tertiary alicyclic amines) is 1. The van der Waals surface area contributed by atoms with Crippen LogP contribution in [0.3, 0.4) is 0 Å². The van der Waals surface area contributed by atoms with E-state index in [9.17, 15) is 9.18 Å². The molecule has 162 valence electrons. The zero-order chi connectivity index (χ0) is 22.1. The number of halogens is 2. The highest BCUT2D eigenvalue weighted by atomic mass is 35.5. The molecule has 1 amide bonds. The average molecular weight is 448 g/mol. The summed E-state index contributed by atoms with van der Waals surface area (Å²) in [5.41, 5.74) is 3.53. The Labute approximate surface area is 191 Å². The Hall–Kier alpha value is -3.02. The summed E-state index contributed by atoms with van der Waals surface area (Å²) in [5, 5.41) is 0.527. The van der Waals surface area contributed by atoms with Gasteiger partial charge >= 0.3 is 0 Å². The highest BCUT2D eigenvalue weighted by molar-refractivity contribution is 6.32. The van der Waals surface area contributed by atoms with Crippen molar-refractivity contribution in [2.75, 3.05) is 24.5 Å². The van der Waals surface area contributed by atoms with Crippen LogP contribution in [0.1, 0.15) is 23.1 Å². The van der Waals surface area contributed by atoms with Crippen LogP contribution in [0.2, 0.25) is 5.02 Å². The van der Waals surface area contributed by atoms with E-state index in [2.05, 4.69) is 22.0 Å². The van der Waals surface area contributed by atoms with Crippen molar-refractivity contribution in [3.63, 3.8) is 0 Å². The zero-order valence-corrected chi connectivity index (χ0v) is 18.3. The second-order valence-electron chi connectivity index (χ2n) is 8.23. The van der Waals surface area contributed by atoms with Crippen LogP contribution in [0, 0.1) is 5.82 Å². The lowest BCUT2D eigenvalue weighted by Gasteiger charge is -2.29. The first-order valence-electron chi connectivity index (χ1n) is 10.8. The van der Waals surface area contributed by atoms with Crippen LogP contribution in [0.4, 0.5) is 10.1 Å². The van der Waals surface area contributed by atoms with E-state index < -0.39 is 0 Å². The lowest BCUT2D eigenvalue weighted by Crippen LogP contribution is -2.43. The molecule has 1 fully saturated rings. The lowest BCUT2D eigenvalue weighted by molar-refractivity contribution is -0.117. The number of carbonyl (C=O) groups excluding carboxylic acids is 1. The molecule has 0 aromatic heterocycles. The van der Waals surface area contributed by atoms with Crippen LogP contribution in [-0.2, 0) is 11.3 Å². The molecule has 0 spiro atoms. The van der Waals surface area contributed by atoms with Gasteiger partial charge in [0.25, 0.3) is 0 Å². The van der Waals surface area contributed by atoms with Gasteiger partial charge in [0.1, 0.15) is 12.4 Å². The number of anilines is 1. The molecule has 0 radical (unpaired) electrons. The molecule has 5 rings (SSSR count).